The Bertz CT molecular complexity index is 950. The molecule has 2 fully saturated rings. The van der Waals surface area contributed by atoms with E-state index < -0.39 is 0 Å². The normalized spacial score (nSPS) is 23.0. The monoisotopic (exact) mass is 393 g/mol. The summed E-state index contributed by atoms with van der Waals surface area (Å²) in [6, 6.07) is 10.8. The number of para-hydroxylation sites is 2. The standard InChI is InChI=1S/C23H27N3O3/c1-22(2)11-15(22)20(27)25-14-9-10-19(24-13-14)29-18-8-6-5-7-17(18)26-21(28)16-12-23(16,3)4/h5-10,13,15-16H,11-12H2,1-4H3,(H,25,27)(H,26,28). The second-order valence-corrected chi connectivity index (χ2v) is 9.45. The molecular formula is C23H27N3O3. The van der Waals surface area contributed by atoms with Gasteiger partial charge < -0.3 is 15.4 Å². The van der Waals surface area contributed by atoms with Gasteiger partial charge in [0, 0.05) is 17.9 Å². The Morgan fingerprint density at radius 3 is 2.07 bits per heavy atom. The molecule has 0 radical (unpaired) electrons. The summed E-state index contributed by atoms with van der Waals surface area (Å²) in [7, 11) is 0. The van der Waals surface area contributed by atoms with Crippen molar-refractivity contribution in [3.8, 4) is 11.6 Å². The van der Waals surface area contributed by atoms with Gasteiger partial charge in [-0.1, -0.05) is 39.8 Å². The molecular weight excluding hydrogens is 366 g/mol. The maximum Gasteiger partial charge on any atom is 0.228 e. The van der Waals surface area contributed by atoms with Gasteiger partial charge in [-0.15, -0.1) is 0 Å². The van der Waals surface area contributed by atoms with Crippen molar-refractivity contribution in [2.24, 2.45) is 22.7 Å². The molecule has 2 aliphatic carbocycles. The highest BCUT2D eigenvalue weighted by atomic mass is 16.5. The Kier molecular flexibility index (Phi) is 4.60. The molecule has 2 amide bonds. The number of nitrogens with one attached hydrogen (secondary N) is 2. The lowest BCUT2D eigenvalue weighted by molar-refractivity contribution is -0.118. The van der Waals surface area contributed by atoms with Gasteiger partial charge in [0.25, 0.3) is 0 Å². The lowest BCUT2D eigenvalue weighted by Gasteiger charge is -2.13. The second kappa shape index (κ2) is 6.87. The molecule has 0 aliphatic heterocycles. The van der Waals surface area contributed by atoms with Crippen molar-refractivity contribution in [1.29, 1.82) is 0 Å². The molecule has 1 aromatic carbocycles. The zero-order chi connectivity index (χ0) is 20.8. The van der Waals surface area contributed by atoms with Gasteiger partial charge in [-0.3, -0.25) is 9.59 Å². The topological polar surface area (TPSA) is 80.3 Å². The molecule has 0 bridgehead atoms. The van der Waals surface area contributed by atoms with E-state index in [1.807, 2.05) is 18.2 Å². The number of aromatic nitrogens is 1. The quantitative estimate of drug-likeness (QED) is 0.736. The molecule has 0 spiro atoms. The van der Waals surface area contributed by atoms with E-state index in [-0.39, 0.29) is 34.5 Å². The highest BCUT2D eigenvalue weighted by molar-refractivity contribution is 5.96. The minimum Gasteiger partial charge on any atom is -0.437 e. The average Bonchev–Trinajstić information content (AvgIpc) is 3.51. The van der Waals surface area contributed by atoms with Gasteiger partial charge in [0.05, 0.1) is 17.6 Å². The van der Waals surface area contributed by atoms with E-state index in [2.05, 4.69) is 43.3 Å². The summed E-state index contributed by atoms with van der Waals surface area (Å²) in [5, 5.41) is 5.87. The van der Waals surface area contributed by atoms with Crippen LogP contribution in [0.2, 0.25) is 0 Å². The van der Waals surface area contributed by atoms with Gasteiger partial charge in [-0.25, -0.2) is 4.98 Å². The fraction of sp³-hybridized carbons (Fsp3) is 0.435. The van der Waals surface area contributed by atoms with Crippen LogP contribution in [-0.4, -0.2) is 16.8 Å². The number of hydrogen-bond donors (Lipinski definition) is 2. The maximum absolute atomic E-state index is 12.4. The van der Waals surface area contributed by atoms with Crippen LogP contribution in [0.5, 0.6) is 11.6 Å². The predicted octanol–water partition coefficient (Wildman–Crippen LogP) is 4.84. The predicted molar refractivity (Wildman–Crippen MR) is 112 cm³/mol. The van der Waals surface area contributed by atoms with Gasteiger partial charge in [0.1, 0.15) is 0 Å². The Balaban J connectivity index is 1.39. The van der Waals surface area contributed by atoms with E-state index >= 15 is 0 Å². The SMILES string of the molecule is CC1(C)CC1C(=O)Nc1ccc(Oc2ccccc2NC(=O)C2CC2(C)C)nc1. The van der Waals surface area contributed by atoms with Crippen molar-refractivity contribution in [3.05, 3.63) is 42.6 Å². The molecule has 4 rings (SSSR count). The smallest absolute Gasteiger partial charge is 0.228 e. The number of anilines is 2. The maximum atomic E-state index is 12.4. The van der Waals surface area contributed by atoms with Gasteiger partial charge in [-0.2, -0.15) is 0 Å². The first-order valence-electron chi connectivity index (χ1n) is 10.0. The second-order valence-electron chi connectivity index (χ2n) is 9.45. The van der Waals surface area contributed by atoms with Crippen LogP contribution < -0.4 is 15.4 Å². The summed E-state index contributed by atoms with van der Waals surface area (Å²) in [5.74, 6) is 1.06. The molecule has 2 aromatic rings. The molecule has 6 nitrogen and oxygen atoms in total. The van der Waals surface area contributed by atoms with Gasteiger partial charge >= 0.3 is 0 Å². The Morgan fingerprint density at radius 2 is 1.52 bits per heavy atom. The third-order valence-corrected chi connectivity index (χ3v) is 6.02. The first-order valence-corrected chi connectivity index (χ1v) is 10.0. The van der Waals surface area contributed by atoms with Crippen molar-refractivity contribution >= 4 is 23.2 Å². The molecule has 2 saturated carbocycles. The zero-order valence-electron chi connectivity index (χ0n) is 17.3. The first-order chi connectivity index (χ1) is 13.7. The summed E-state index contributed by atoms with van der Waals surface area (Å²) in [6.45, 7) is 8.36. The van der Waals surface area contributed by atoms with Crippen LogP contribution in [-0.2, 0) is 9.59 Å². The fourth-order valence-corrected chi connectivity index (χ4v) is 3.56. The van der Waals surface area contributed by atoms with Crippen molar-refractivity contribution in [2.45, 2.75) is 40.5 Å². The third-order valence-electron chi connectivity index (χ3n) is 6.02. The average molecular weight is 393 g/mol. The van der Waals surface area contributed by atoms with E-state index in [1.165, 1.54) is 0 Å². The van der Waals surface area contributed by atoms with Crippen LogP contribution in [0, 0.1) is 22.7 Å². The molecule has 2 atom stereocenters. The summed E-state index contributed by atoms with van der Waals surface area (Å²) in [4.78, 5) is 28.9. The molecule has 152 valence electrons. The van der Waals surface area contributed by atoms with Crippen molar-refractivity contribution in [1.82, 2.24) is 4.98 Å². The van der Waals surface area contributed by atoms with E-state index in [1.54, 1.807) is 24.4 Å². The highest BCUT2D eigenvalue weighted by Gasteiger charge is 2.51. The van der Waals surface area contributed by atoms with Crippen LogP contribution in [0.15, 0.2) is 42.6 Å². The summed E-state index contributed by atoms with van der Waals surface area (Å²) in [6.07, 6.45) is 3.39. The Labute approximate surface area is 171 Å². The minimum atomic E-state index is 0.0140. The van der Waals surface area contributed by atoms with Crippen molar-refractivity contribution < 1.29 is 14.3 Å². The van der Waals surface area contributed by atoms with Gasteiger partial charge in [0.2, 0.25) is 17.7 Å². The number of hydrogen-bond acceptors (Lipinski definition) is 4. The molecule has 2 aliphatic rings. The summed E-state index contributed by atoms with van der Waals surface area (Å²) < 4.78 is 5.88. The fourth-order valence-electron chi connectivity index (χ4n) is 3.56. The lowest BCUT2D eigenvalue weighted by Crippen LogP contribution is -2.17. The number of carbonyl (C=O) groups is 2. The van der Waals surface area contributed by atoms with Crippen molar-refractivity contribution in [3.63, 3.8) is 0 Å². The molecule has 1 heterocycles. The van der Waals surface area contributed by atoms with E-state index in [4.69, 9.17) is 4.74 Å². The van der Waals surface area contributed by atoms with E-state index in [9.17, 15) is 9.59 Å². The molecule has 2 unspecified atom stereocenters. The van der Waals surface area contributed by atoms with Gasteiger partial charge in [0.15, 0.2) is 5.75 Å². The lowest BCUT2D eigenvalue weighted by atomic mass is 10.1. The molecule has 29 heavy (non-hydrogen) atoms. The van der Waals surface area contributed by atoms with Crippen LogP contribution in [0.1, 0.15) is 40.5 Å². The number of benzene rings is 1. The molecule has 0 saturated heterocycles. The highest BCUT2D eigenvalue weighted by Crippen LogP contribution is 2.52. The number of nitrogens with zero attached hydrogens (tertiary/aromatic N) is 1. The van der Waals surface area contributed by atoms with Crippen LogP contribution in [0.3, 0.4) is 0 Å². The number of rotatable bonds is 6. The molecule has 2 N–H and O–H groups in total. The molecule has 6 heteroatoms. The number of carbonyl (C=O) groups excluding carboxylic acids is 2. The Hall–Kier alpha value is -2.89. The van der Waals surface area contributed by atoms with Crippen LogP contribution in [0.4, 0.5) is 11.4 Å². The molecule has 1 aromatic heterocycles. The number of amides is 2. The third kappa shape index (κ3) is 4.26. The van der Waals surface area contributed by atoms with Crippen molar-refractivity contribution in [2.75, 3.05) is 10.6 Å². The summed E-state index contributed by atoms with van der Waals surface area (Å²) in [5.41, 5.74) is 1.42. The van der Waals surface area contributed by atoms with E-state index in [0.717, 1.165) is 12.8 Å². The largest absolute Gasteiger partial charge is 0.437 e. The zero-order valence-corrected chi connectivity index (χ0v) is 17.3. The summed E-state index contributed by atoms with van der Waals surface area (Å²) >= 11 is 0. The Morgan fingerprint density at radius 1 is 0.931 bits per heavy atom. The minimum absolute atomic E-state index is 0.0140. The number of ether oxygens (including phenoxy) is 1. The van der Waals surface area contributed by atoms with Crippen LogP contribution in [0.25, 0.3) is 0 Å². The number of pyridine rings is 1. The first kappa shape index (κ1) is 19.4. The van der Waals surface area contributed by atoms with E-state index in [0.29, 0.717) is 23.0 Å². The van der Waals surface area contributed by atoms with Crippen LogP contribution >= 0.6 is 0 Å². The van der Waals surface area contributed by atoms with Gasteiger partial charge in [-0.05, 0) is 41.9 Å².